The van der Waals surface area contributed by atoms with Crippen LogP contribution in [0.15, 0.2) is 48.5 Å². The molecule has 1 aliphatic heterocycles. The van der Waals surface area contributed by atoms with Gasteiger partial charge >= 0.3 is 0 Å². The third kappa shape index (κ3) is 5.73. The van der Waals surface area contributed by atoms with Crippen molar-refractivity contribution >= 4 is 17.5 Å². The van der Waals surface area contributed by atoms with Crippen LogP contribution in [0, 0.1) is 0 Å². The molecule has 1 aliphatic rings. The molecule has 1 N–H and O–H groups in total. The molecule has 0 unspecified atom stereocenters. The van der Waals surface area contributed by atoms with Gasteiger partial charge in [0.05, 0.1) is 31.9 Å². The second-order valence-electron chi connectivity index (χ2n) is 7.13. The highest BCUT2D eigenvalue weighted by Crippen LogP contribution is 2.18. The summed E-state index contributed by atoms with van der Waals surface area (Å²) in [5, 5.41) is 2.69. The predicted molar refractivity (Wildman–Crippen MR) is 116 cm³/mol. The van der Waals surface area contributed by atoms with Gasteiger partial charge in [0.2, 0.25) is 5.91 Å². The van der Waals surface area contributed by atoms with Gasteiger partial charge in [0.1, 0.15) is 5.75 Å². The molecule has 0 aliphatic carbocycles. The van der Waals surface area contributed by atoms with Gasteiger partial charge in [-0.15, -0.1) is 0 Å². The molecule has 30 heavy (non-hydrogen) atoms. The summed E-state index contributed by atoms with van der Waals surface area (Å²) >= 11 is 0. The monoisotopic (exact) mass is 411 g/mol. The zero-order chi connectivity index (χ0) is 21.3. The van der Waals surface area contributed by atoms with Gasteiger partial charge in [0, 0.05) is 32.4 Å². The van der Waals surface area contributed by atoms with E-state index in [-0.39, 0.29) is 18.4 Å². The highest BCUT2D eigenvalue weighted by Gasteiger charge is 2.16. The summed E-state index contributed by atoms with van der Waals surface area (Å²) < 4.78 is 10.9. The number of nitrogens with zero attached hydrogens (tertiary/aromatic N) is 2. The standard InChI is InChI=1S/C23H29N3O4/c1-3-30-21-7-5-4-6-20(21)23(28)24-16-22(27)25(2)17-18-8-10-19(11-9-18)26-12-14-29-15-13-26/h4-11H,3,12-17H2,1-2H3,(H,24,28). The molecule has 0 saturated carbocycles. The minimum Gasteiger partial charge on any atom is -0.493 e. The van der Waals surface area contributed by atoms with Gasteiger partial charge in [-0.2, -0.15) is 0 Å². The second-order valence-corrected chi connectivity index (χ2v) is 7.13. The van der Waals surface area contributed by atoms with Gasteiger partial charge in [-0.25, -0.2) is 0 Å². The molecule has 2 aromatic rings. The molecule has 160 valence electrons. The van der Waals surface area contributed by atoms with Gasteiger partial charge < -0.3 is 24.6 Å². The minimum atomic E-state index is -0.323. The lowest BCUT2D eigenvalue weighted by Gasteiger charge is -2.29. The number of hydrogen-bond donors (Lipinski definition) is 1. The predicted octanol–water partition coefficient (Wildman–Crippen LogP) is 2.31. The third-order valence-corrected chi connectivity index (χ3v) is 4.99. The Balaban J connectivity index is 1.50. The van der Waals surface area contributed by atoms with Crippen LogP contribution in [-0.2, 0) is 16.1 Å². The Morgan fingerprint density at radius 2 is 1.80 bits per heavy atom. The first-order chi connectivity index (χ1) is 14.6. The van der Waals surface area contributed by atoms with E-state index in [9.17, 15) is 9.59 Å². The molecular formula is C23H29N3O4. The van der Waals surface area contributed by atoms with Crippen LogP contribution in [0.25, 0.3) is 0 Å². The van der Waals surface area contributed by atoms with Crippen molar-refractivity contribution in [1.82, 2.24) is 10.2 Å². The fourth-order valence-electron chi connectivity index (χ4n) is 3.32. The smallest absolute Gasteiger partial charge is 0.255 e. The van der Waals surface area contributed by atoms with E-state index in [1.807, 2.05) is 25.1 Å². The van der Waals surface area contributed by atoms with Crippen molar-refractivity contribution < 1.29 is 19.1 Å². The van der Waals surface area contributed by atoms with Crippen LogP contribution in [0.1, 0.15) is 22.8 Å². The summed E-state index contributed by atoms with van der Waals surface area (Å²) in [6.45, 7) is 6.03. The Labute approximate surface area is 177 Å². The number of carbonyl (C=O) groups excluding carboxylic acids is 2. The van der Waals surface area contributed by atoms with Crippen molar-refractivity contribution in [1.29, 1.82) is 0 Å². The van der Waals surface area contributed by atoms with E-state index >= 15 is 0 Å². The fourth-order valence-corrected chi connectivity index (χ4v) is 3.32. The Kier molecular flexibility index (Phi) is 7.68. The van der Waals surface area contributed by atoms with Crippen molar-refractivity contribution in [2.75, 3.05) is 51.4 Å². The molecule has 0 spiro atoms. The van der Waals surface area contributed by atoms with E-state index in [4.69, 9.17) is 9.47 Å². The van der Waals surface area contributed by atoms with E-state index < -0.39 is 0 Å². The Morgan fingerprint density at radius 1 is 1.10 bits per heavy atom. The van der Waals surface area contributed by atoms with E-state index in [0.29, 0.717) is 24.5 Å². The lowest BCUT2D eigenvalue weighted by Crippen LogP contribution is -2.38. The van der Waals surface area contributed by atoms with Crippen molar-refractivity contribution in [3.63, 3.8) is 0 Å². The van der Waals surface area contributed by atoms with Crippen molar-refractivity contribution in [2.45, 2.75) is 13.5 Å². The Bertz CT molecular complexity index is 848. The molecule has 3 rings (SSSR count). The SMILES string of the molecule is CCOc1ccccc1C(=O)NCC(=O)N(C)Cc1ccc(N2CCOCC2)cc1. The number of hydrogen-bond acceptors (Lipinski definition) is 5. The number of anilines is 1. The summed E-state index contributed by atoms with van der Waals surface area (Å²) in [7, 11) is 1.73. The molecular weight excluding hydrogens is 382 g/mol. The maximum absolute atomic E-state index is 12.5. The van der Waals surface area contributed by atoms with Gasteiger partial charge in [-0.3, -0.25) is 9.59 Å². The molecule has 7 nitrogen and oxygen atoms in total. The molecule has 2 amide bonds. The zero-order valence-corrected chi connectivity index (χ0v) is 17.6. The van der Waals surface area contributed by atoms with Crippen LogP contribution < -0.4 is 15.0 Å². The van der Waals surface area contributed by atoms with Gasteiger partial charge in [-0.05, 0) is 36.8 Å². The average Bonchev–Trinajstić information content (AvgIpc) is 2.79. The van der Waals surface area contributed by atoms with Crippen LogP contribution in [0.5, 0.6) is 5.75 Å². The van der Waals surface area contributed by atoms with E-state index in [2.05, 4.69) is 22.3 Å². The Morgan fingerprint density at radius 3 is 2.50 bits per heavy atom. The van der Waals surface area contributed by atoms with E-state index in [0.717, 1.165) is 37.6 Å². The van der Waals surface area contributed by atoms with Crippen molar-refractivity contribution in [3.8, 4) is 5.75 Å². The molecule has 1 heterocycles. The molecule has 0 aromatic heterocycles. The summed E-state index contributed by atoms with van der Waals surface area (Å²) in [4.78, 5) is 28.8. The largest absolute Gasteiger partial charge is 0.493 e. The summed E-state index contributed by atoms with van der Waals surface area (Å²) in [6, 6.07) is 15.2. The molecule has 1 fully saturated rings. The molecule has 0 bridgehead atoms. The van der Waals surface area contributed by atoms with Crippen molar-refractivity contribution in [3.05, 3.63) is 59.7 Å². The number of para-hydroxylation sites is 1. The first-order valence-electron chi connectivity index (χ1n) is 10.2. The van der Waals surface area contributed by atoms with Crippen LogP contribution in [0.4, 0.5) is 5.69 Å². The number of nitrogens with one attached hydrogen (secondary N) is 1. The number of likely N-dealkylation sites (N-methyl/N-ethyl adjacent to an activating group) is 1. The first-order valence-corrected chi connectivity index (χ1v) is 10.2. The van der Waals surface area contributed by atoms with Crippen LogP contribution >= 0.6 is 0 Å². The average molecular weight is 412 g/mol. The molecule has 0 atom stereocenters. The fraction of sp³-hybridized carbons (Fsp3) is 0.391. The minimum absolute atomic E-state index is 0.0678. The normalized spacial score (nSPS) is 13.6. The molecule has 7 heteroatoms. The zero-order valence-electron chi connectivity index (χ0n) is 17.6. The Hall–Kier alpha value is -3.06. The summed E-state index contributed by atoms with van der Waals surface area (Å²) in [5.41, 5.74) is 2.63. The number of carbonyl (C=O) groups is 2. The number of amides is 2. The lowest BCUT2D eigenvalue weighted by atomic mass is 10.1. The molecule has 1 saturated heterocycles. The lowest BCUT2D eigenvalue weighted by molar-refractivity contribution is -0.129. The summed E-state index contributed by atoms with van der Waals surface area (Å²) in [6.07, 6.45) is 0. The summed E-state index contributed by atoms with van der Waals surface area (Å²) in [5.74, 6) is 0.0313. The maximum atomic E-state index is 12.5. The number of rotatable bonds is 8. The topological polar surface area (TPSA) is 71.1 Å². The highest BCUT2D eigenvalue weighted by atomic mass is 16.5. The molecule has 0 radical (unpaired) electrons. The van der Waals surface area contributed by atoms with Crippen LogP contribution in [0.2, 0.25) is 0 Å². The van der Waals surface area contributed by atoms with Crippen molar-refractivity contribution in [2.24, 2.45) is 0 Å². The van der Waals surface area contributed by atoms with Crippen LogP contribution in [0.3, 0.4) is 0 Å². The van der Waals surface area contributed by atoms with Gasteiger partial charge in [-0.1, -0.05) is 24.3 Å². The maximum Gasteiger partial charge on any atom is 0.255 e. The highest BCUT2D eigenvalue weighted by molar-refractivity contribution is 5.98. The van der Waals surface area contributed by atoms with E-state index in [1.165, 1.54) is 0 Å². The van der Waals surface area contributed by atoms with E-state index in [1.54, 1.807) is 30.1 Å². The van der Waals surface area contributed by atoms with Gasteiger partial charge in [0.15, 0.2) is 0 Å². The third-order valence-electron chi connectivity index (χ3n) is 4.99. The molecule has 2 aromatic carbocycles. The number of ether oxygens (including phenoxy) is 2. The quantitative estimate of drug-likeness (QED) is 0.722. The number of morpholine rings is 1. The first kappa shape index (κ1) is 21.6. The van der Waals surface area contributed by atoms with Gasteiger partial charge in [0.25, 0.3) is 5.91 Å². The van der Waals surface area contributed by atoms with Crippen LogP contribution in [-0.4, -0.2) is 63.2 Å². The number of benzene rings is 2. The second kappa shape index (κ2) is 10.6.